The minimum absolute atomic E-state index is 0.0591. The summed E-state index contributed by atoms with van der Waals surface area (Å²) in [6.45, 7) is 2.33. The summed E-state index contributed by atoms with van der Waals surface area (Å²) >= 11 is 1.61. The molecule has 3 rings (SSSR count). The van der Waals surface area contributed by atoms with E-state index in [4.69, 9.17) is 0 Å². The van der Waals surface area contributed by atoms with E-state index >= 15 is 0 Å². The fourth-order valence-electron chi connectivity index (χ4n) is 2.14. The number of hydrogen-bond acceptors (Lipinski definition) is 4. The lowest BCUT2D eigenvalue weighted by molar-refractivity contribution is -0.120. The predicted molar refractivity (Wildman–Crippen MR) is 77.6 cm³/mol. The molecule has 19 heavy (non-hydrogen) atoms. The first-order chi connectivity index (χ1) is 9.33. The maximum Gasteiger partial charge on any atom is 0.226 e. The summed E-state index contributed by atoms with van der Waals surface area (Å²) in [6, 6.07) is 9.95. The van der Waals surface area contributed by atoms with Crippen molar-refractivity contribution in [3.63, 3.8) is 0 Å². The van der Waals surface area contributed by atoms with Crippen molar-refractivity contribution in [1.82, 2.24) is 10.2 Å². The Kier molecular flexibility index (Phi) is 3.55. The molecule has 0 bridgehead atoms. The van der Waals surface area contributed by atoms with Crippen molar-refractivity contribution >= 4 is 22.8 Å². The van der Waals surface area contributed by atoms with E-state index in [9.17, 15) is 4.79 Å². The second-order valence-corrected chi connectivity index (χ2v) is 5.32. The van der Waals surface area contributed by atoms with Crippen LogP contribution >= 0.6 is 11.8 Å². The van der Waals surface area contributed by atoms with Crippen molar-refractivity contribution in [2.75, 3.05) is 13.1 Å². The molecule has 1 N–H and O–H groups in total. The zero-order valence-electron chi connectivity index (χ0n) is 10.5. The molecular weight excluding hydrogens is 258 g/mol. The van der Waals surface area contributed by atoms with Gasteiger partial charge in [-0.2, -0.15) is 0 Å². The molecule has 0 saturated heterocycles. The summed E-state index contributed by atoms with van der Waals surface area (Å²) in [5.74, 6) is 0.0591. The summed E-state index contributed by atoms with van der Waals surface area (Å²) in [7, 11) is 0. The van der Waals surface area contributed by atoms with Gasteiger partial charge in [0.05, 0.1) is 13.0 Å². The van der Waals surface area contributed by atoms with Crippen LogP contribution in [0.15, 0.2) is 46.4 Å². The second-order valence-electron chi connectivity index (χ2n) is 4.48. The zero-order valence-corrected chi connectivity index (χ0v) is 11.3. The average molecular weight is 273 g/mol. The Labute approximate surface area is 116 Å². The van der Waals surface area contributed by atoms with E-state index < -0.39 is 0 Å². The maximum absolute atomic E-state index is 11.9. The molecule has 0 fully saturated rings. The van der Waals surface area contributed by atoms with Gasteiger partial charge in [0.15, 0.2) is 5.17 Å². The highest BCUT2D eigenvalue weighted by molar-refractivity contribution is 8.16. The molecule has 2 aliphatic rings. The van der Waals surface area contributed by atoms with Gasteiger partial charge >= 0.3 is 0 Å². The predicted octanol–water partition coefficient (Wildman–Crippen LogP) is 1.95. The van der Waals surface area contributed by atoms with Crippen molar-refractivity contribution < 1.29 is 4.79 Å². The standard InChI is InChI=1S/C14H15N3OS/c18-13(16-9-11-4-2-1-3-5-11)8-12-10-19-14-15-6-7-17(12)14/h1-5,10H,6-9H2,(H,16,18). The SMILES string of the molecule is O=C(CC1=CSC2=NCCN12)NCc1ccccc1. The van der Waals surface area contributed by atoms with Crippen molar-refractivity contribution in [2.24, 2.45) is 4.99 Å². The van der Waals surface area contributed by atoms with Gasteiger partial charge in [0.1, 0.15) is 0 Å². The van der Waals surface area contributed by atoms with Crippen molar-refractivity contribution in [3.05, 3.63) is 47.0 Å². The molecule has 1 aromatic carbocycles. The highest BCUT2D eigenvalue weighted by Crippen LogP contribution is 2.30. The Balaban J connectivity index is 1.51. The van der Waals surface area contributed by atoms with Crippen LogP contribution < -0.4 is 5.32 Å². The largest absolute Gasteiger partial charge is 0.352 e. The molecule has 5 heteroatoms. The van der Waals surface area contributed by atoms with Gasteiger partial charge in [-0.3, -0.25) is 9.79 Å². The Bertz CT molecular complexity index is 539. The van der Waals surface area contributed by atoms with E-state index in [2.05, 4.69) is 15.2 Å². The normalized spacial score (nSPS) is 16.9. The number of amidine groups is 1. The molecule has 4 nitrogen and oxygen atoms in total. The van der Waals surface area contributed by atoms with E-state index in [-0.39, 0.29) is 5.91 Å². The van der Waals surface area contributed by atoms with Crippen molar-refractivity contribution in [3.8, 4) is 0 Å². The lowest BCUT2D eigenvalue weighted by atomic mass is 10.2. The van der Waals surface area contributed by atoms with Crippen molar-refractivity contribution in [2.45, 2.75) is 13.0 Å². The van der Waals surface area contributed by atoms with Gasteiger partial charge in [0.25, 0.3) is 0 Å². The third kappa shape index (κ3) is 2.81. The van der Waals surface area contributed by atoms with Gasteiger partial charge < -0.3 is 10.2 Å². The number of fused-ring (bicyclic) bond motifs is 1. The van der Waals surface area contributed by atoms with E-state index in [1.54, 1.807) is 11.8 Å². The Morgan fingerprint density at radius 2 is 2.21 bits per heavy atom. The van der Waals surface area contributed by atoms with Gasteiger partial charge in [-0.15, -0.1) is 0 Å². The molecule has 0 spiro atoms. The number of hydrogen-bond donors (Lipinski definition) is 1. The van der Waals surface area contributed by atoms with Gasteiger partial charge in [-0.1, -0.05) is 42.1 Å². The van der Waals surface area contributed by atoms with Crippen LogP contribution in [-0.2, 0) is 11.3 Å². The quantitative estimate of drug-likeness (QED) is 0.912. The molecule has 0 unspecified atom stereocenters. The molecule has 1 aromatic rings. The summed E-state index contributed by atoms with van der Waals surface area (Å²) in [5.41, 5.74) is 2.18. The third-order valence-corrected chi connectivity index (χ3v) is 4.07. The number of carbonyl (C=O) groups excluding carboxylic acids is 1. The number of carbonyl (C=O) groups is 1. The van der Waals surface area contributed by atoms with Crippen LogP contribution in [0.3, 0.4) is 0 Å². The van der Waals surface area contributed by atoms with Crippen molar-refractivity contribution in [1.29, 1.82) is 0 Å². The van der Waals surface area contributed by atoms with Crippen LogP contribution in [0.5, 0.6) is 0 Å². The molecule has 0 aliphatic carbocycles. The van der Waals surface area contributed by atoms with Gasteiger partial charge in [0.2, 0.25) is 5.91 Å². The monoisotopic (exact) mass is 273 g/mol. The number of amides is 1. The molecule has 0 radical (unpaired) electrons. The molecule has 0 atom stereocenters. The lowest BCUT2D eigenvalue weighted by Gasteiger charge is -2.16. The number of nitrogens with zero attached hydrogens (tertiary/aromatic N) is 2. The summed E-state index contributed by atoms with van der Waals surface area (Å²) < 4.78 is 0. The Morgan fingerprint density at radius 3 is 3.05 bits per heavy atom. The fraction of sp³-hybridized carbons (Fsp3) is 0.286. The lowest BCUT2D eigenvalue weighted by Crippen LogP contribution is -2.28. The number of thioether (sulfide) groups is 1. The summed E-state index contributed by atoms with van der Waals surface area (Å²) in [6.07, 6.45) is 0.429. The Hall–Kier alpha value is -1.75. The van der Waals surface area contributed by atoms with Crippen LogP contribution in [-0.4, -0.2) is 29.1 Å². The van der Waals surface area contributed by atoms with Crippen LogP contribution in [0, 0.1) is 0 Å². The van der Waals surface area contributed by atoms with E-state index in [0.717, 1.165) is 29.5 Å². The fourth-order valence-corrected chi connectivity index (χ4v) is 3.09. The average Bonchev–Trinajstić information content (AvgIpc) is 3.03. The topological polar surface area (TPSA) is 44.7 Å². The highest BCUT2D eigenvalue weighted by Gasteiger charge is 2.27. The van der Waals surface area contributed by atoms with E-state index in [0.29, 0.717) is 13.0 Å². The molecular formula is C14H15N3OS. The van der Waals surface area contributed by atoms with Crippen LogP contribution in [0.2, 0.25) is 0 Å². The van der Waals surface area contributed by atoms with Gasteiger partial charge in [-0.25, -0.2) is 0 Å². The molecule has 0 aromatic heterocycles. The second kappa shape index (κ2) is 5.48. The first-order valence-electron chi connectivity index (χ1n) is 6.31. The minimum atomic E-state index is 0.0591. The van der Waals surface area contributed by atoms with E-state index in [1.807, 2.05) is 35.7 Å². The highest BCUT2D eigenvalue weighted by atomic mass is 32.2. The first-order valence-corrected chi connectivity index (χ1v) is 7.19. The van der Waals surface area contributed by atoms with Crippen LogP contribution in [0.25, 0.3) is 0 Å². The molecule has 0 saturated carbocycles. The zero-order chi connectivity index (χ0) is 13.1. The molecule has 2 heterocycles. The third-order valence-electron chi connectivity index (χ3n) is 3.12. The number of benzene rings is 1. The number of nitrogens with one attached hydrogen (secondary N) is 1. The van der Waals surface area contributed by atoms with Crippen LogP contribution in [0.1, 0.15) is 12.0 Å². The minimum Gasteiger partial charge on any atom is -0.352 e. The van der Waals surface area contributed by atoms with E-state index in [1.165, 1.54) is 0 Å². The molecule has 98 valence electrons. The van der Waals surface area contributed by atoms with Crippen LogP contribution in [0.4, 0.5) is 0 Å². The number of rotatable bonds is 4. The number of aliphatic imine (C=N–C) groups is 1. The summed E-state index contributed by atoms with van der Waals surface area (Å²) in [4.78, 5) is 18.4. The van der Waals surface area contributed by atoms with Gasteiger partial charge in [0, 0.05) is 18.8 Å². The molecule has 2 aliphatic heterocycles. The first kappa shape index (κ1) is 12.3. The van der Waals surface area contributed by atoms with Gasteiger partial charge in [-0.05, 0) is 11.0 Å². The summed E-state index contributed by atoms with van der Waals surface area (Å²) in [5, 5.41) is 6.01. The maximum atomic E-state index is 11.9. The molecule has 1 amide bonds. The Morgan fingerprint density at radius 1 is 1.37 bits per heavy atom. The smallest absolute Gasteiger partial charge is 0.226 e.